The predicted molar refractivity (Wildman–Crippen MR) is 134 cm³/mol. The summed E-state index contributed by atoms with van der Waals surface area (Å²) in [7, 11) is 0. The molecule has 4 rings (SSSR count). The highest BCUT2D eigenvalue weighted by Crippen LogP contribution is 2.40. The first-order valence-corrected chi connectivity index (χ1v) is 12.7. The topological polar surface area (TPSA) is 83.6 Å². The van der Waals surface area contributed by atoms with Crippen molar-refractivity contribution >= 4 is 40.8 Å². The molecule has 38 heavy (non-hydrogen) atoms. The van der Waals surface area contributed by atoms with Gasteiger partial charge in [-0.3, -0.25) is 9.59 Å². The Morgan fingerprint density at radius 1 is 1.13 bits per heavy atom. The molecule has 2 saturated heterocycles. The number of nitrogens with one attached hydrogen (secondary N) is 2. The number of alkyl halides is 3. The van der Waals surface area contributed by atoms with Gasteiger partial charge < -0.3 is 20.3 Å². The average Bonchev–Trinajstić information content (AvgIpc) is 3.08. The van der Waals surface area contributed by atoms with Crippen LogP contribution in [0.1, 0.15) is 49.9 Å². The summed E-state index contributed by atoms with van der Waals surface area (Å²) >= 11 is 12.1. The lowest BCUT2D eigenvalue weighted by molar-refractivity contribution is -0.135. The van der Waals surface area contributed by atoms with Crippen LogP contribution in [0.2, 0.25) is 10.0 Å². The van der Waals surface area contributed by atoms with Crippen molar-refractivity contribution in [2.75, 3.05) is 11.4 Å². The maximum absolute atomic E-state index is 15.0. The van der Waals surface area contributed by atoms with Crippen molar-refractivity contribution in [3.63, 3.8) is 0 Å². The number of nitrogens with zero attached hydrogens (tertiary/aromatic N) is 2. The molecule has 2 fully saturated rings. The SMILES string of the molecule is CC(C)(Oc1ccc(Cl)cc1Cl)C(=O)N[C@H]1C[C@H]2CC[C@@H](C1)N2c1ncc(C(=O)NCC(F)(F)F)cc1F. The number of fused-ring (bicyclic) bond motifs is 2. The van der Waals surface area contributed by atoms with E-state index < -0.39 is 30.0 Å². The lowest BCUT2D eigenvalue weighted by Gasteiger charge is -2.41. The van der Waals surface area contributed by atoms with E-state index in [1.54, 1.807) is 31.3 Å². The maximum atomic E-state index is 15.0. The Balaban J connectivity index is 1.39. The summed E-state index contributed by atoms with van der Waals surface area (Å²) in [6.07, 6.45) is -0.924. The normalized spacial score (nSPS) is 21.3. The number of halogens is 6. The van der Waals surface area contributed by atoms with Gasteiger partial charge in [-0.1, -0.05) is 23.2 Å². The number of benzene rings is 1. The molecule has 1 aromatic heterocycles. The summed E-state index contributed by atoms with van der Waals surface area (Å²) < 4.78 is 57.9. The molecule has 206 valence electrons. The number of rotatable bonds is 7. The van der Waals surface area contributed by atoms with Gasteiger partial charge in [0, 0.05) is 29.3 Å². The van der Waals surface area contributed by atoms with Crippen LogP contribution in [0.3, 0.4) is 0 Å². The Hall–Kier alpha value is -2.79. The summed E-state index contributed by atoms with van der Waals surface area (Å²) in [6.45, 7) is 1.73. The number of pyridine rings is 1. The first-order chi connectivity index (χ1) is 17.7. The number of aromatic nitrogens is 1. The van der Waals surface area contributed by atoms with Crippen LogP contribution in [-0.4, -0.2) is 53.2 Å². The summed E-state index contributed by atoms with van der Waals surface area (Å²) in [5, 5.41) is 5.46. The first kappa shape index (κ1) is 28.2. The van der Waals surface area contributed by atoms with Gasteiger partial charge >= 0.3 is 6.18 Å². The minimum Gasteiger partial charge on any atom is -0.476 e. The monoisotopic (exact) mass is 576 g/mol. The van der Waals surface area contributed by atoms with E-state index >= 15 is 0 Å². The smallest absolute Gasteiger partial charge is 0.405 e. The van der Waals surface area contributed by atoms with Crippen LogP contribution >= 0.6 is 23.2 Å². The van der Waals surface area contributed by atoms with Gasteiger partial charge in [0.25, 0.3) is 11.8 Å². The molecule has 0 radical (unpaired) electrons. The number of amides is 2. The molecule has 7 nitrogen and oxygen atoms in total. The maximum Gasteiger partial charge on any atom is 0.405 e. The Labute approximate surface area is 226 Å². The number of hydrogen-bond donors (Lipinski definition) is 2. The zero-order chi connectivity index (χ0) is 27.8. The number of piperidine rings is 1. The third kappa shape index (κ3) is 6.43. The molecular weight excluding hydrogens is 551 g/mol. The molecule has 3 heterocycles. The number of hydrogen-bond acceptors (Lipinski definition) is 5. The molecule has 2 bridgehead atoms. The largest absolute Gasteiger partial charge is 0.476 e. The molecule has 3 atom stereocenters. The van der Waals surface area contributed by atoms with Crippen LogP contribution in [0.25, 0.3) is 0 Å². The second-order valence-electron chi connectivity index (χ2n) is 9.95. The quantitative estimate of drug-likeness (QED) is 0.437. The number of carbonyl (C=O) groups is 2. The molecule has 1 aromatic carbocycles. The van der Waals surface area contributed by atoms with Gasteiger partial charge in [-0.2, -0.15) is 13.2 Å². The predicted octanol–water partition coefficient (Wildman–Crippen LogP) is 5.29. The molecule has 13 heteroatoms. The molecule has 0 unspecified atom stereocenters. The summed E-state index contributed by atoms with van der Waals surface area (Å²) in [6, 6.07) is 5.21. The lowest BCUT2D eigenvalue weighted by Crippen LogP contribution is -2.55. The van der Waals surface area contributed by atoms with Gasteiger partial charge in [0.1, 0.15) is 12.3 Å². The molecule has 0 saturated carbocycles. The van der Waals surface area contributed by atoms with Crippen LogP contribution in [-0.2, 0) is 4.79 Å². The molecule has 2 aromatic rings. The van der Waals surface area contributed by atoms with Crippen molar-refractivity contribution in [2.24, 2.45) is 0 Å². The van der Waals surface area contributed by atoms with E-state index in [9.17, 15) is 27.2 Å². The Bertz CT molecular complexity index is 1210. The lowest BCUT2D eigenvalue weighted by atomic mass is 9.96. The Morgan fingerprint density at radius 2 is 1.79 bits per heavy atom. The van der Waals surface area contributed by atoms with Gasteiger partial charge in [-0.05, 0) is 63.8 Å². The Morgan fingerprint density at radius 3 is 2.37 bits per heavy atom. The fourth-order valence-electron chi connectivity index (χ4n) is 4.91. The number of anilines is 1. The molecule has 2 N–H and O–H groups in total. The highest BCUT2D eigenvalue weighted by atomic mass is 35.5. The standard InChI is InChI=1S/C25H26Cl2F4N4O3/c1-24(2,38-20-6-3-14(26)8-18(20)27)23(37)34-15-9-16-4-5-17(10-15)35(16)21-19(28)7-13(11-32-21)22(36)33-12-25(29,30)31/h3,6-8,11,15-17H,4-5,9-10,12H2,1-2H3,(H,33,36)(H,34,37)/t15-,16+,17-. The molecule has 2 amide bonds. The summed E-state index contributed by atoms with van der Waals surface area (Å²) in [5.74, 6) is -1.83. The van der Waals surface area contributed by atoms with Crippen LogP contribution < -0.4 is 20.3 Å². The Kier molecular flexibility index (Phi) is 7.99. The second-order valence-corrected chi connectivity index (χ2v) is 10.8. The minimum atomic E-state index is -4.58. The van der Waals surface area contributed by atoms with Gasteiger partial charge in [-0.25, -0.2) is 9.37 Å². The van der Waals surface area contributed by atoms with E-state index in [0.717, 1.165) is 25.1 Å². The average molecular weight is 577 g/mol. The minimum absolute atomic E-state index is 0.0377. The van der Waals surface area contributed by atoms with Gasteiger partial charge in [0.15, 0.2) is 17.2 Å². The fraction of sp³-hybridized carbons (Fsp3) is 0.480. The van der Waals surface area contributed by atoms with Crippen LogP contribution in [0.4, 0.5) is 23.4 Å². The van der Waals surface area contributed by atoms with Crippen molar-refractivity contribution in [2.45, 2.75) is 69.4 Å². The molecule has 2 aliphatic heterocycles. The third-order valence-corrected chi connectivity index (χ3v) is 7.18. The van der Waals surface area contributed by atoms with Crippen molar-refractivity contribution in [3.8, 4) is 5.75 Å². The third-order valence-electron chi connectivity index (χ3n) is 6.65. The van der Waals surface area contributed by atoms with E-state index in [4.69, 9.17) is 27.9 Å². The number of ether oxygens (including phenoxy) is 1. The fourth-order valence-corrected chi connectivity index (χ4v) is 5.35. The molecule has 0 spiro atoms. The van der Waals surface area contributed by atoms with Gasteiger partial charge in [0.2, 0.25) is 0 Å². The molecular formula is C25H26Cl2F4N4O3. The van der Waals surface area contributed by atoms with Crippen LogP contribution in [0.15, 0.2) is 30.5 Å². The van der Waals surface area contributed by atoms with E-state index in [1.165, 1.54) is 6.07 Å². The van der Waals surface area contributed by atoms with Gasteiger partial charge in [0.05, 0.1) is 10.6 Å². The number of carbonyl (C=O) groups excluding carboxylic acids is 2. The highest BCUT2D eigenvalue weighted by molar-refractivity contribution is 6.35. The highest BCUT2D eigenvalue weighted by Gasteiger charge is 2.44. The summed E-state index contributed by atoms with van der Waals surface area (Å²) in [5.41, 5.74) is -1.53. The summed E-state index contributed by atoms with van der Waals surface area (Å²) in [4.78, 5) is 30.9. The van der Waals surface area contributed by atoms with Crippen LogP contribution in [0, 0.1) is 5.82 Å². The first-order valence-electron chi connectivity index (χ1n) is 12.0. The van der Waals surface area contributed by atoms with E-state index in [2.05, 4.69) is 10.3 Å². The van der Waals surface area contributed by atoms with E-state index in [0.29, 0.717) is 23.6 Å². The second kappa shape index (κ2) is 10.8. The zero-order valence-corrected chi connectivity index (χ0v) is 22.1. The molecule has 0 aliphatic carbocycles. The zero-order valence-electron chi connectivity index (χ0n) is 20.5. The van der Waals surface area contributed by atoms with Crippen molar-refractivity contribution in [1.29, 1.82) is 0 Å². The van der Waals surface area contributed by atoms with Crippen molar-refractivity contribution in [3.05, 3.63) is 51.9 Å². The van der Waals surface area contributed by atoms with Crippen LogP contribution in [0.5, 0.6) is 5.75 Å². The van der Waals surface area contributed by atoms with Gasteiger partial charge in [-0.15, -0.1) is 0 Å². The van der Waals surface area contributed by atoms with Crippen molar-refractivity contribution < 1.29 is 31.9 Å². The van der Waals surface area contributed by atoms with E-state index in [-0.39, 0.29) is 40.4 Å². The van der Waals surface area contributed by atoms with Crippen molar-refractivity contribution in [1.82, 2.24) is 15.6 Å². The van der Waals surface area contributed by atoms with E-state index in [1.807, 2.05) is 4.90 Å². The molecule has 2 aliphatic rings.